The summed E-state index contributed by atoms with van der Waals surface area (Å²) in [5.74, 6) is -1.87. The topological polar surface area (TPSA) is 57.6 Å². The molecular formula is C11H13F2NO3S. The van der Waals surface area contributed by atoms with Crippen LogP contribution in [0.1, 0.15) is 12.8 Å². The summed E-state index contributed by atoms with van der Waals surface area (Å²) in [6.45, 7) is -0.0390. The van der Waals surface area contributed by atoms with Crippen LogP contribution in [-0.2, 0) is 10.0 Å². The number of rotatable bonds is 3. The van der Waals surface area contributed by atoms with Crippen LogP contribution in [-0.4, -0.2) is 37.0 Å². The van der Waals surface area contributed by atoms with Crippen LogP contribution in [0.3, 0.4) is 0 Å². The van der Waals surface area contributed by atoms with E-state index in [1.807, 2.05) is 0 Å². The molecule has 18 heavy (non-hydrogen) atoms. The first kappa shape index (κ1) is 13.4. The molecule has 1 aliphatic rings. The van der Waals surface area contributed by atoms with Crippen LogP contribution in [0.4, 0.5) is 8.78 Å². The molecule has 1 fully saturated rings. The molecule has 1 heterocycles. The Kier molecular flexibility index (Phi) is 3.65. The minimum atomic E-state index is -3.95. The van der Waals surface area contributed by atoms with Gasteiger partial charge < -0.3 is 5.11 Å². The average Bonchev–Trinajstić information content (AvgIpc) is 2.76. The molecule has 0 aromatic heterocycles. The van der Waals surface area contributed by atoms with E-state index in [-0.39, 0.29) is 13.2 Å². The molecule has 4 nitrogen and oxygen atoms in total. The zero-order valence-electron chi connectivity index (χ0n) is 9.51. The summed E-state index contributed by atoms with van der Waals surface area (Å²) in [5, 5.41) is 9.10. The van der Waals surface area contributed by atoms with Gasteiger partial charge in [0, 0.05) is 18.7 Å². The Morgan fingerprint density at radius 1 is 1.28 bits per heavy atom. The highest BCUT2D eigenvalue weighted by molar-refractivity contribution is 7.89. The van der Waals surface area contributed by atoms with Crippen molar-refractivity contribution in [3.63, 3.8) is 0 Å². The fourth-order valence-corrected chi connectivity index (χ4v) is 3.85. The lowest BCUT2D eigenvalue weighted by Gasteiger charge is -2.22. The lowest BCUT2D eigenvalue weighted by atomic mass is 10.2. The van der Waals surface area contributed by atoms with E-state index in [2.05, 4.69) is 0 Å². The Bertz CT molecular complexity index is 527. The van der Waals surface area contributed by atoms with Crippen molar-refractivity contribution in [1.29, 1.82) is 0 Å². The largest absolute Gasteiger partial charge is 0.395 e. The Morgan fingerprint density at radius 2 is 1.89 bits per heavy atom. The lowest BCUT2D eigenvalue weighted by Crippen LogP contribution is -2.37. The molecule has 7 heteroatoms. The number of hydrogen-bond donors (Lipinski definition) is 1. The first-order valence-electron chi connectivity index (χ1n) is 5.54. The summed E-state index contributed by atoms with van der Waals surface area (Å²) < 4.78 is 51.6. The summed E-state index contributed by atoms with van der Waals surface area (Å²) in [6.07, 6.45) is 1.18. The molecule has 1 N–H and O–H groups in total. The number of hydrogen-bond acceptors (Lipinski definition) is 3. The Morgan fingerprint density at radius 3 is 2.44 bits per heavy atom. The number of sulfonamides is 1. The molecule has 0 bridgehead atoms. The molecule has 1 unspecified atom stereocenters. The monoisotopic (exact) mass is 277 g/mol. The van der Waals surface area contributed by atoms with Crippen LogP contribution in [0, 0.1) is 11.6 Å². The molecule has 1 aliphatic heterocycles. The van der Waals surface area contributed by atoms with E-state index < -0.39 is 32.6 Å². The summed E-state index contributed by atoms with van der Waals surface area (Å²) in [5.41, 5.74) is 0. The maximum atomic E-state index is 13.1. The highest BCUT2D eigenvalue weighted by atomic mass is 32.2. The molecule has 0 spiro atoms. The fourth-order valence-electron chi connectivity index (χ4n) is 2.12. The van der Waals surface area contributed by atoms with E-state index in [1.165, 1.54) is 0 Å². The van der Waals surface area contributed by atoms with E-state index in [9.17, 15) is 17.2 Å². The summed E-state index contributed by atoms with van der Waals surface area (Å²) in [6, 6.07) is 1.67. The predicted octanol–water partition coefficient (Wildman–Crippen LogP) is 1.11. The number of aliphatic hydroxyl groups excluding tert-OH is 1. The quantitative estimate of drug-likeness (QED) is 0.900. The highest BCUT2D eigenvalue weighted by Crippen LogP contribution is 2.26. The van der Waals surface area contributed by atoms with E-state index in [1.54, 1.807) is 0 Å². The van der Waals surface area contributed by atoms with Gasteiger partial charge in [-0.3, -0.25) is 0 Å². The second-order valence-electron chi connectivity index (χ2n) is 4.20. The minimum absolute atomic E-state index is 0.256. The van der Waals surface area contributed by atoms with Crippen molar-refractivity contribution in [2.24, 2.45) is 0 Å². The third kappa shape index (κ3) is 2.38. The van der Waals surface area contributed by atoms with Crippen LogP contribution in [0.25, 0.3) is 0 Å². The van der Waals surface area contributed by atoms with Crippen molar-refractivity contribution in [3.05, 3.63) is 29.8 Å². The van der Waals surface area contributed by atoms with E-state index in [0.29, 0.717) is 18.9 Å². The van der Waals surface area contributed by atoms with Crippen LogP contribution >= 0.6 is 0 Å². The normalized spacial score (nSPS) is 21.4. The third-order valence-electron chi connectivity index (χ3n) is 2.98. The van der Waals surface area contributed by atoms with Crippen molar-refractivity contribution in [2.45, 2.75) is 23.8 Å². The SMILES string of the molecule is O=S(=O)(c1cc(F)cc(F)c1)N1CCCC1CO. The number of halogens is 2. The molecule has 1 aromatic carbocycles. The molecule has 0 radical (unpaired) electrons. The lowest BCUT2D eigenvalue weighted by molar-refractivity contribution is 0.213. The van der Waals surface area contributed by atoms with Crippen LogP contribution in [0.2, 0.25) is 0 Å². The van der Waals surface area contributed by atoms with Crippen molar-refractivity contribution in [3.8, 4) is 0 Å². The predicted molar refractivity (Wildman–Crippen MR) is 60.4 cm³/mol. The fraction of sp³-hybridized carbons (Fsp3) is 0.455. The summed E-state index contributed by atoms with van der Waals surface area (Å²) in [7, 11) is -3.95. The van der Waals surface area contributed by atoms with Gasteiger partial charge in [0.15, 0.2) is 0 Å². The van der Waals surface area contributed by atoms with Gasteiger partial charge in [0.2, 0.25) is 10.0 Å². The van der Waals surface area contributed by atoms with Crippen LogP contribution in [0.5, 0.6) is 0 Å². The van der Waals surface area contributed by atoms with Crippen LogP contribution in [0.15, 0.2) is 23.1 Å². The van der Waals surface area contributed by atoms with Gasteiger partial charge in [-0.2, -0.15) is 4.31 Å². The van der Waals surface area contributed by atoms with Gasteiger partial charge in [-0.25, -0.2) is 17.2 Å². The first-order chi connectivity index (χ1) is 8.45. The van der Waals surface area contributed by atoms with Gasteiger partial charge in [-0.15, -0.1) is 0 Å². The van der Waals surface area contributed by atoms with Gasteiger partial charge in [-0.1, -0.05) is 0 Å². The Labute approximate surface area is 104 Å². The Hall–Kier alpha value is -1.05. The van der Waals surface area contributed by atoms with Gasteiger partial charge >= 0.3 is 0 Å². The molecular weight excluding hydrogens is 264 g/mol. The van der Waals surface area contributed by atoms with Crippen molar-refractivity contribution < 1.29 is 22.3 Å². The maximum absolute atomic E-state index is 13.1. The molecule has 0 saturated carbocycles. The second kappa shape index (κ2) is 4.91. The first-order valence-corrected chi connectivity index (χ1v) is 6.98. The minimum Gasteiger partial charge on any atom is -0.395 e. The zero-order chi connectivity index (χ0) is 13.3. The molecule has 1 aromatic rings. The maximum Gasteiger partial charge on any atom is 0.243 e. The molecule has 100 valence electrons. The molecule has 0 amide bonds. The van der Waals surface area contributed by atoms with Gasteiger partial charge in [0.25, 0.3) is 0 Å². The summed E-state index contributed by atoms with van der Waals surface area (Å²) in [4.78, 5) is -0.416. The van der Waals surface area contributed by atoms with E-state index >= 15 is 0 Å². The molecule has 0 aliphatic carbocycles. The van der Waals surface area contributed by atoms with E-state index in [4.69, 9.17) is 5.11 Å². The number of aliphatic hydroxyl groups is 1. The highest BCUT2D eigenvalue weighted by Gasteiger charge is 2.35. The average molecular weight is 277 g/mol. The van der Waals surface area contributed by atoms with Gasteiger partial charge in [0.05, 0.1) is 11.5 Å². The zero-order valence-corrected chi connectivity index (χ0v) is 10.3. The van der Waals surface area contributed by atoms with Gasteiger partial charge in [-0.05, 0) is 25.0 Å². The van der Waals surface area contributed by atoms with Crippen LogP contribution < -0.4 is 0 Å². The van der Waals surface area contributed by atoms with E-state index in [0.717, 1.165) is 16.4 Å². The second-order valence-corrected chi connectivity index (χ2v) is 6.09. The standard InChI is InChI=1S/C11H13F2NO3S/c12-8-4-9(13)6-11(5-8)18(16,17)14-3-1-2-10(14)7-15/h4-6,10,15H,1-3,7H2. The van der Waals surface area contributed by atoms with Crippen molar-refractivity contribution >= 4 is 10.0 Å². The number of nitrogens with zero attached hydrogens (tertiary/aromatic N) is 1. The smallest absolute Gasteiger partial charge is 0.243 e. The Balaban J connectivity index is 2.41. The van der Waals surface area contributed by atoms with Gasteiger partial charge in [0.1, 0.15) is 11.6 Å². The summed E-state index contributed by atoms with van der Waals surface area (Å²) >= 11 is 0. The third-order valence-corrected chi connectivity index (χ3v) is 4.91. The molecule has 2 rings (SSSR count). The molecule has 1 saturated heterocycles. The van der Waals surface area contributed by atoms with Crippen molar-refractivity contribution in [1.82, 2.24) is 4.31 Å². The number of benzene rings is 1. The van der Waals surface area contributed by atoms with Crippen molar-refractivity contribution in [2.75, 3.05) is 13.2 Å². The molecule has 1 atom stereocenters.